The van der Waals surface area contributed by atoms with Crippen molar-refractivity contribution in [1.82, 2.24) is 9.88 Å². The van der Waals surface area contributed by atoms with E-state index in [1.54, 1.807) is 37.4 Å². The molecule has 1 fully saturated rings. The molecule has 0 unspecified atom stereocenters. The van der Waals surface area contributed by atoms with Gasteiger partial charge in [-0.05, 0) is 37.3 Å². The van der Waals surface area contributed by atoms with Gasteiger partial charge in [0.05, 0.1) is 11.3 Å². The van der Waals surface area contributed by atoms with Crippen LogP contribution in [-0.4, -0.2) is 52.5 Å². The number of likely N-dealkylation sites (tertiary alicyclic amines) is 1. The summed E-state index contributed by atoms with van der Waals surface area (Å²) in [6.07, 6.45) is 1.69. The predicted octanol–water partition coefficient (Wildman–Crippen LogP) is 1.15. The monoisotopic (exact) mass is 403 g/mol. The highest BCUT2D eigenvalue weighted by atomic mass is 16.3. The first-order chi connectivity index (χ1) is 14.3. The number of nitriles is 1. The average Bonchev–Trinajstić information content (AvgIpc) is 3.01. The number of hydrogen-bond acceptors (Lipinski definition) is 6. The van der Waals surface area contributed by atoms with E-state index in [4.69, 9.17) is 5.73 Å². The zero-order valence-corrected chi connectivity index (χ0v) is 16.7. The molecule has 3 N–H and O–H groups in total. The number of carbonyl (C=O) groups excluding carboxylic acids is 2. The molecule has 1 aliphatic heterocycles. The van der Waals surface area contributed by atoms with Crippen LogP contribution in [0.15, 0.2) is 36.5 Å². The number of nitrogens with two attached hydrogens (primary N) is 1. The molecule has 30 heavy (non-hydrogen) atoms. The molecule has 0 radical (unpaired) electrons. The van der Waals surface area contributed by atoms with Gasteiger partial charge in [-0.2, -0.15) is 5.26 Å². The molecule has 1 atom stereocenters. The number of rotatable bonds is 4. The van der Waals surface area contributed by atoms with Crippen LogP contribution in [0.4, 0.5) is 11.4 Å². The van der Waals surface area contributed by atoms with E-state index in [1.165, 1.54) is 11.1 Å². The minimum atomic E-state index is -1.76. The van der Waals surface area contributed by atoms with Crippen LogP contribution in [0.2, 0.25) is 0 Å². The first kappa shape index (κ1) is 20.8. The third-order valence-electron chi connectivity index (χ3n) is 4.98. The predicted molar refractivity (Wildman–Crippen MR) is 111 cm³/mol. The molecule has 1 aromatic carbocycles. The molecule has 0 aliphatic carbocycles. The Hall–Kier alpha value is -3.88. The van der Waals surface area contributed by atoms with Crippen LogP contribution in [0, 0.1) is 23.2 Å². The van der Waals surface area contributed by atoms with Crippen molar-refractivity contribution in [3.05, 3.63) is 53.3 Å². The second kappa shape index (κ2) is 8.24. The Morgan fingerprint density at radius 1 is 1.40 bits per heavy atom. The number of primary amides is 1. The Kier molecular flexibility index (Phi) is 5.72. The van der Waals surface area contributed by atoms with Gasteiger partial charge in [-0.25, -0.2) is 4.98 Å². The molecule has 2 heterocycles. The van der Waals surface area contributed by atoms with E-state index in [2.05, 4.69) is 22.9 Å². The van der Waals surface area contributed by atoms with Gasteiger partial charge in [0, 0.05) is 44.0 Å². The van der Waals surface area contributed by atoms with Crippen LogP contribution >= 0.6 is 0 Å². The van der Waals surface area contributed by atoms with Gasteiger partial charge in [0.2, 0.25) is 5.60 Å². The molecular weight excluding hydrogens is 382 g/mol. The van der Waals surface area contributed by atoms with Crippen LogP contribution in [0.5, 0.6) is 0 Å². The molecule has 1 aliphatic rings. The maximum Gasteiger partial charge on any atom is 0.269 e. The fourth-order valence-corrected chi connectivity index (χ4v) is 3.34. The summed E-state index contributed by atoms with van der Waals surface area (Å²) in [4.78, 5) is 31.3. The van der Waals surface area contributed by atoms with E-state index < -0.39 is 17.4 Å². The molecule has 8 heteroatoms. The van der Waals surface area contributed by atoms with Crippen molar-refractivity contribution in [3.8, 4) is 17.9 Å². The third kappa shape index (κ3) is 3.82. The van der Waals surface area contributed by atoms with Crippen molar-refractivity contribution in [1.29, 1.82) is 5.26 Å². The summed E-state index contributed by atoms with van der Waals surface area (Å²) in [5.74, 6) is 4.34. The number of pyridine rings is 1. The lowest BCUT2D eigenvalue weighted by Gasteiger charge is -2.25. The topological polar surface area (TPSA) is 124 Å². The highest BCUT2D eigenvalue weighted by Crippen LogP contribution is 2.29. The van der Waals surface area contributed by atoms with Gasteiger partial charge in [-0.15, -0.1) is 0 Å². The number of aliphatic hydroxyl groups is 1. The van der Waals surface area contributed by atoms with E-state index in [9.17, 15) is 20.0 Å². The zero-order valence-electron chi connectivity index (χ0n) is 16.7. The fourth-order valence-electron chi connectivity index (χ4n) is 3.34. The molecule has 2 amide bonds. The van der Waals surface area contributed by atoms with E-state index in [1.807, 2.05) is 11.8 Å². The SMILES string of the molecule is CCN(c1ccc(C#N)c(C#C[C@]2(O)CCN(C)C2=O)c1)c1cccnc1C(N)=O. The number of hydrogen-bond donors (Lipinski definition) is 2. The minimum Gasteiger partial charge on any atom is -0.369 e. The van der Waals surface area contributed by atoms with Gasteiger partial charge in [0.25, 0.3) is 11.8 Å². The Balaban J connectivity index is 2.06. The maximum absolute atomic E-state index is 12.2. The molecule has 1 aromatic heterocycles. The summed E-state index contributed by atoms with van der Waals surface area (Å²) < 4.78 is 0. The van der Waals surface area contributed by atoms with Gasteiger partial charge in [0.1, 0.15) is 6.07 Å². The van der Waals surface area contributed by atoms with Crippen molar-refractivity contribution in [2.45, 2.75) is 18.9 Å². The van der Waals surface area contributed by atoms with Gasteiger partial charge < -0.3 is 20.6 Å². The van der Waals surface area contributed by atoms with Crippen LogP contribution in [-0.2, 0) is 4.79 Å². The second-order valence-electron chi connectivity index (χ2n) is 6.91. The first-order valence-electron chi connectivity index (χ1n) is 9.38. The van der Waals surface area contributed by atoms with Gasteiger partial charge >= 0.3 is 0 Å². The van der Waals surface area contributed by atoms with E-state index in [0.717, 1.165) is 0 Å². The van der Waals surface area contributed by atoms with E-state index in [0.29, 0.717) is 35.6 Å². The normalized spacial score (nSPS) is 17.8. The molecule has 0 saturated carbocycles. The first-order valence-corrected chi connectivity index (χ1v) is 9.38. The molecule has 1 saturated heterocycles. The molecular formula is C22H21N5O3. The second-order valence-corrected chi connectivity index (χ2v) is 6.91. The van der Waals surface area contributed by atoms with Crippen molar-refractivity contribution in [2.75, 3.05) is 25.0 Å². The Morgan fingerprint density at radius 2 is 2.17 bits per heavy atom. The summed E-state index contributed by atoms with van der Waals surface area (Å²) >= 11 is 0. The van der Waals surface area contributed by atoms with Crippen LogP contribution in [0.1, 0.15) is 35.0 Å². The van der Waals surface area contributed by atoms with Crippen molar-refractivity contribution in [2.24, 2.45) is 5.73 Å². The molecule has 8 nitrogen and oxygen atoms in total. The molecule has 0 bridgehead atoms. The number of nitrogens with zero attached hydrogens (tertiary/aromatic N) is 4. The quantitative estimate of drug-likeness (QED) is 0.738. The van der Waals surface area contributed by atoms with Gasteiger partial charge in [-0.1, -0.05) is 11.8 Å². The minimum absolute atomic E-state index is 0.130. The lowest BCUT2D eigenvalue weighted by molar-refractivity contribution is -0.137. The summed E-state index contributed by atoms with van der Waals surface area (Å²) in [7, 11) is 1.60. The molecule has 152 valence electrons. The zero-order chi connectivity index (χ0) is 21.9. The van der Waals surface area contributed by atoms with Crippen LogP contribution < -0.4 is 10.6 Å². The van der Waals surface area contributed by atoms with Crippen molar-refractivity contribution in [3.63, 3.8) is 0 Å². The molecule has 3 rings (SSSR count). The van der Waals surface area contributed by atoms with Crippen LogP contribution in [0.25, 0.3) is 0 Å². The summed E-state index contributed by atoms with van der Waals surface area (Å²) in [6, 6.07) is 10.5. The largest absolute Gasteiger partial charge is 0.369 e. The van der Waals surface area contributed by atoms with E-state index in [-0.39, 0.29) is 12.1 Å². The number of amides is 2. The van der Waals surface area contributed by atoms with E-state index >= 15 is 0 Å². The fraction of sp³-hybridized carbons (Fsp3) is 0.273. The highest BCUT2D eigenvalue weighted by molar-refractivity contribution is 5.97. The average molecular weight is 403 g/mol. The lowest BCUT2D eigenvalue weighted by Crippen LogP contribution is -2.37. The Bertz CT molecular complexity index is 1110. The molecule has 0 spiro atoms. The standard InChI is InChI=1S/C22H21N5O3/c1-3-27(18-5-4-11-25-19(18)20(24)28)17-7-6-16(14-23)15(13-17)8-9-22(30)10-12-26(2)21(22)29/h4-7,11,13,30H,3,10,12H2,1-2H3,(H2,24,28)/t22-/m0/s1. The number of aromatic nitrogens is 1. The number of carbonyl (C=O) groups is 2. The number of anilines is 2. The Morgan fingerprint density at radius 3 is 2.77 bits per heavy atom. The summed E-state index contributed by atoms with van der Waals surface area (Å²) in [5.41, 5.74) is 5.71. The maximum atomic E-state index is 12.2. The Labute approximate surface area is 174 Å². The molecule has 2 aromatic rings. The lowest BCUT2D eigenvalue weighted by atomic mass is 10.0. The summed E-state index contributed by atoms with van der Waals surface area (Å²) in [6.45, 7) is 2.81. The van der Waals surface area contributed by atoms with Gasteiger partial charge in [0.15, 0.2) is 5.69 Å². The van der Waals surface area contributed by atoms with Gasteiger partial charge in [-0.3, -0.25) is 9.59 Å². The summed E-state index contributed by atoms with van der Waals surface area (Å²) in [5, 5.41) is 20.0. The number of benzene rings is 1. The van der Waals surface area contributed by atoms with Crippen LogP contribution in [0.3, 0.4) is 0 Å². The van der Waals surface area contributed by atoms with Crippen molar-refractivity contribution < 1.29 is 14.7 Å². The third-order valence-corrected chi connectivity index (χ3v) is 4.98. The number of likely N-dealkylation sites (N-methyl/N-ethyl adjacent to an activating group) is 1. The smallest absolute Gasteiger partial charge is 0.269 e. The highest BCUT2D eigenvalue weighted by Gasteiger charge is 2.42. The van der Waals surface area contributed by atoms with Crippen molar-refractivity contribution >= 4 is 23.2 Å².